The van der Waals surface area contributed by atoms with E-state index in [2.05, 4.69) is 21.9 Å². The number of carbonyl (C=O) groups excluding carboxylic acids is 4. The monoisotopic (exact) mass is 494 g/mol. The molecule has 36 heavy (non-hydrogen) atoms. The first kappa shape index (κ1) is 26.5. The number of hydrogen-bond acceptors (Lipinski definition) is 7. The summed E-state index contributed by atoms with van der Waals surface area (Å²) in [6, 6.07) is 13.8. The van der Waals surface area contributed by atoms with Crippen molar-refractivity contribution in [1.29, 1.82) is 0 Å². The van der Waals surface area contributed by atoms with E-state index < -0.39 is 36.0 Å². The molecule has 0 spiro atoms. The van der Waals surface area contributed by atoms with E-state index in [9.17, 15) is 19.2 Å². The minimum Gasteiger partial charge on any atom is -0.469 e. The van der Waals surface area contributed by atoms with Crippen LogP contribution in [0, 0.1) is 0 Å². The van der Waals surface area contributed by atoms with Crippen molar-refractivity contribution in [2.24, 2.45) is 0 Å². The quantitative estimate of drug-likeness (QED) is 0.280. The first-order valence-electron chi connectivity index (χ1n) is 11.6. The lowest BCUT2D eigenvalue weighted by atomic mass is 9.98. The maximum Gasteiger partial charge on any atom is 0.407 e. The highest BCUT2D eigenvalue weighted by molar-refractivity contribution is 5.90. The van der Waals surface area contributed by atoms with Gasteiger partial charge in [-0.3, -0.25) is 9.59 Å². The zero-order chi connectivity index (χ0) is 26.1. The average molecular weight is 495 g/mol. The van der Waals surface area contributed by atoms with Crippen molar-refractivity contribution >= 4 is 23.9 Å². The standard InChI is InChI=1S/C27H30N2O7/c1-4-15-35-26(32)17(2)28-25(31)23(13-14-24(30)34-3)29-27(33)36-16-22-20-11-7-5-9-18(20)19-10-6-8-12-21(19)22/h4-12,17,22-23H,1,13-16H2,2-3H3,(H,28,31)(H,29,33)/t17-,23-/m0/s1. The summed E-state index contributed by atoms with van der Waals surface area (Å²) in [5.41, 5.74) is 4.29. The summed E-state index contributed by atoms with van der Waals surface area (Å²) in [5, 5.41) is 5.00. The van der Waals surface area contributed by atoms with E-state index in [-0.39, 0.29) is 32.0 Å². The van der Waals surface area contributed by atoms with Crippen LogP contribution in [0.2, 0.25) is 0 Å². The Hall–Kier alpha value is -4.14. The van der Waals surface area contributed by atoms with Crippen LogP contribution in [0.15, 0.2) is 61.2 Å². The third-order valence-electron chi connectivity index (χ3n) is 5.87. The van der Waals surface area contributed by atoms with E-state index in [1.54, 1.807) is 0 Å². The molecular formula is C27H30N2O7. The second-order valence-electron chi connectivity index (χ2n) is 8.29. The molecule has 0 unspecified atom stereocenters. The van der Waals surface area contributed by atoms with Crippen LogP contribution in [0.5, 0.6) is 0 Å². The molecule has 9 nitrogen and oxygen atoms in total. The maximum atomic E-state index is 12.8. The fourth-order valence-corrected chi connectivity index (χ4v) is 4.05. The molecule has 0 saturated carbocycles. The van der Waals surface area contributed by atoms with Gasteiger partial charge in [0.05, 0.1) is 7.11 Å². The highest BCUT2D eigenvalue weighted by Gasteiger charge is 2.30. The van der Waals surface area contributed by atoms with Crippen LogP contribution in [0.3, 0.4) is 0 Å². The molecule has 0 heterocycles. The second-order valence-corrected chi connectivity index (χ2v) is 8.29. The van der Waals surface area contributed by atoms with E-state index >= 15 is 0 Å². The lowest BCUT2D eigenvalue weighted by Gasteiger charge is -2.21. The topological polar surface area (TPSA) is 120 Å². The van der Waals surface area contributed by atoms with E-state index in [0.29, 0.717) is 0 Å². The fraction of sp³-hybridized carbons (Fsp3) is 0.333. The molecule has 0 saturated heterocycles. The summed E-state index contributed by atoms with van der Waals surface area (Å²) in [4.78, 5) is 49.1. The van der Waals surface area contributed by atoms with Gasteiger partial charge in [0, 0.05) is 12.3 Å². The minimum atomic E-state index is -1.13. The van der Waals surface area contributed by atoms with Crippen molar-refractivity contribution in [3.8, 4) is 11.1 Å². The Labute approximate surface area is 209 Å². The molecule has 2 aromatic carbocycles. The third-order valence-corrected chi connectivity index (χ3v) is 5.87. The fourth-order valence-electron chi connectivity index (χ4n) is 4.05. The highest BCUT2D eigenvalue weighted by Crippen LogP contribution is 2.44. The number of benzene rings is 2. The molecule has 0 fully saturated rings. The summed E-state index contributed by atoms with van der Waals surface area (Å²) >= 11 is 0. The number of fused-ring (bicyclic) bond motifs is 3. The largest absolute Gasteiger partial charge is 0.469 e. The molecule has 2 N–H and O–H groups in total. The van der Waals surface area contributed by atoms with Crippen molar-refractivity contribution in [3.05, 3.63) is 72.3 Å². The number of amides is 2. The summed E-state index contributed by atoms with van der Waals surface area (Å²) in [7, 11) is 1.23. The number of carbonyl (C=O) groups is 4. The Morgan fingerprint density at radius 2 is 1.58 bits per heavy atom. The lowest BCUT2D eigenvalue weighted by Crippen LogP contribution is -2.51. The Bertz CT molecular complexity index is 1090. The van der Waals surface area contributed by atoms with Crippen LogP contribution in [0.4, 0.5) is 4.79 Å². The third kappa shape index (κ3) is 6.50. The number of hydrogen-bond donors (Lipinski definition) is 2. The molecule has 2 amide bonds. The number of ether oxygens (including phenoxy) is 3. The molecule has 190 valence electrons. The summed E-state index contributed by atoms with van der Waals surface area (Å²) in [6.45, 7) is 4.98. The maximum absolute atomic E-state index is 12.8. The van der Waals surface area contributed by atoms with E-state index in [1.165, 1.54) is 20.1 Å². The predicted molar refractivity (Wildman–Crippen MR) is 132 cm³/mol. The molecule has 0 radical (unpaired) electrons. The van der Waals surface area contributed by atoms with Crippen LogP contribution in [0.25, 0.3) is 11.1 Å². The van der Waals surface area contributed by atoms with Gasteiger partial charge in [0.1, 0.15) is 25.3 Å². The van der Waals surface area contributed by atoms with Crippen LogP contribution in [0.1, 0.15) is 36.8 Å². The van der Waals surface area contributed by atoms with E-state index in [4.69, 9.17) is 9.47 Å². The predicted octanol–water partition coefficient (Wildman–Crippen LogP) is 3.08. The molecule has 3 rings (SSSR count). The van der Waals surface area contributed by atoms with Crippen molar-refractivity contribution in [2.75, 3.05) is 20.3 Å². The first-order chi connectivity index (χ1) is 17.3. The van der Waals surface area contributed by atoms with Gasteiger partial charge < -0.3 is 24.8 Å². The van der Waals surface area contributed by atoms with Crippen LogP contribution >= 0.6 is 0 Å². The van der Waals surface area contributed by atoms with Gasteiger partial charge in [-0.15, -0.1) is 0 Å². The zero-order valence-electron chi connectivity index (χ0n) is 20.3. The van der Waals surface area contributed by atoms with E-state index in [0.717, 1.165) is 22.3 Å². The molecule has 0 bridgehead atoms. The molecular weight excluding hydrogens is 464 g/mol. The number of alkyl carbamates (subject to hydrolysis) is 1. The Balaban J connectivity index is 1.64. The molecule has 9 heteroatoms. The summed E-state index contributed by atoms with van der Waals surface area (Å²) in [5.74, 6) is -2.00. The zero-order valence-corrected chi connectivity index (χ0v) is 20.3. The number of rotatable bonds is 11. The van der Waals surface area contributed by atoms with Gasteiger partial charge in [-0.25, -0.2) is 9.59 Å². The van der Waals surface area contributed by atoms with Crippen molar-refractivity contribution < 1.29 is 33.4 Å². The van der Waals surface area contributed by atoms with Crippen LogP contribution in [-0.4, -0.2) is 56.3 Å². The summed E-state index contributed by atoms with van der Waals surface area (Å²) in [6.07, 6.45) is 0.429. The Morgan fingerprint density at radius 3 is 2.17 bits per heavy atom. The van der Waals surface area contributed by atoms with Crippen molar-refractivity contribution in [1.82, 2.24) is 10.6 Å². The average Bonchev–Trinajstić information content (AvgIpc) is 3.21. The highest BCUT2D eigenvalue weighted by atomic mass is 16.5. The molecule has 0 aliphatic heterocycles. The van der Waals surface area contributed by atoms with Gasteiger partial charge >= 0.3 is 18.0 Å². The molecule has 2 aromatic rings. The normalized spacial score (nSPS) is 13.4. The van der Waals surface area contributed by atoms with Gasteiger partial charge in [0.15, 0.2) is 0 Å². The van der Waals surface area contributed by atoms with Gasteiger partial charge in [-0.2, -0.15) is 0 Å². The SMILES string of the molecule is C=CCOC(=O)[C@H](C)NC(=O)[C@H](CCC(=O)OC)NC(=O)OCC1c2ccccc2-c2ccccc21. The van der Waals surface area contributed by atoms with Gasteiger partial charge in [0.25, 0.3) is 0 Å². The van der Waals surface area contributed by atoms with Crippen LogP contribution < -0.4 is 10.6 Å². The lowest BCUT2D eigenvalue weighted by molar-refractivity contribution is -0.146. The molecule has 0 aromatic heterocycles. The van der Waals surface area contributed by atoms with Gasteiger partial charge in [-0.05, 0) is 35.6 Å². The van der Waals surface area contributed by atoms with E-state index in [1.807, 2.05) is 48.5 Å². The van der Waals surface area contributed by atoms with Gasteiger partial charge in [0.2, 0.25) is 5.91 Å². The Morgan fingerprint density at radius 1 is 0.972 bits per heavy atom. The number of esters is 2. The number of nitrogens with one attached hydrogen (secondary N) is 2. The molecule has 1 aliphatic rings. The van der Waals surface area contributed by atoms with Crippen LogP contribution in [-0.2, 0) is 28.6 Å². The second kappa shape index (κ2) is 12.5. The minimum absolute atomic E-state index is 0.00279. The molecule has 2 atom stereocenters. The first-order valence-corrected chi connectivity index (χ1v) is 11.6. The van der Waals surface area contributed by atoms with Crippen molar-refractivity contribution in [3.63, 3.8) is 0 Å². The smallest absolute Gasteiger partial charge is 0.407 e. The van der Waals surface area contributed by atoms with Gasteiger partial charge in [-0.1, -0.05) is 61.2 Å². The molecule has 1 aliphatic carbocycles. The summed E-state index contributed by atoms with van der Waals surface area (Å²) < 4.78 is 15.1. The van der Waals surface area contributed by atoms with Crippen molar-refractivity contribution in [2.45, 2.75) is 37.8 Å². The number of methoxy groups -OCH3 is 1. The Kier molecular flexibility index (Phi) is 9.21.